The van der Waals surface area contributed by atoms with Crippen LogP contribution in [0.2, 0.25) is 0 Å². The molecule has 0 aliphatic carbocycles. The predicted octanol–water partition coefficient (Wildman–Crippen LogP) is 0.931. The molecule has 0 unspecified atom stereocenters. The van der Waals surface area contributed by atoms with Gasteiger partial charge in [-0.2, -0.15) is 0 Å². The maximum Gasteiger partial charge on any atom is 0.303 e. The fraction of sp³-hybridized carbons (Fsp3) is 0.400. The third-order valence-electron chi connectivity index (χ3n) is 2.52. The highest BCUT2D eigenvalue weighted by molar-refractivity contribution is 5.80. The van der Waals surface area contributed by atoms with Gasteiger partial charge in [0, 0.05) is 12.3 Å². The van der Waals surface area contributed by atoms with Crippen molar-refractivity contribution in [3.05, 3.63) is 24.2 Å². The van der Waals surface area contributed by atoms with Crippen molar-refractivity contribution in [1.82, 2.24) is 5.32 Å². The van der Waals surface area contributed by atoms with Crippen LogP contribution in [0.3, 0.4) is 0 Å². The summed E-state index contributed by atoms with van der Waals surface area (Å²) in [5, 5.41) is 11.4. The van der Waals surface area contributed by atoms with E-state index < -0.39 is 5.97 Å². The Bertz CT molecular complexity index is 371. The zero-order valence-electron chi connectivity index (χ0n) is 7.97. The first-order valence-electron chi connectivity index (χ1n) is 4.71. The van der Waals surface area contributed by atoms with E-state index in [1.54, 1.807) is 12.1 Å². The van der Waals surface area contributed by atoms with Crippen molar-refractivity contribution in [2.45, 2.75) is 18.9 Å². The van der Waals surface area contributed by atoms with Gasteiger partial charge in [0.15, 0.2) is 0 Å². The third-order valence-corrected chi connectivity index (χ3v) is 2.52. The Morgan fingerprint density at radius 1 is 1.67 bits per heavy atom. The van der Waals surface area contributed by atoms with Crippen molar-refractivity contribution in [2.24, 2.45) is 5.92 Å². The molecular formula is C10H11NO4. The Morgan fingerprint density at radius 3 is 3.07 bits per heavy atom. The smallest absolute Gasteiger partial charge is 0.303 e. The highest BCUT2D eigenvalue weighted by atomic mass is 16.4. The number of carbonyl (C=O) groups is 2. The van der Waals surface area contributed by atoms with Gasteiger partial charge in [-0.3, -0.25) is 9.59 Å². The Kier molecular flexibility index (Phi) is 2.45. The lowest BCUT2D eigenvalue weighted by atomic mass is 9.95. The monoisotopic (exact) mass is 209 g/mol. The summed E-state index contributed by atoms with van der Waals surface area (Å²) in [7, 11) is 0. The Balaban J connectivity index is 2.15. The molecule has 0 bridgehead atoms. The number of hydrogen-bond donors (Lipinski definition) is 2. The second kappa shape index (κ2) is 3.76. The average molecular weight is 209 g/mol. The van der Waals surface area contributed by atoms with Gasteiger partial charge < -0.3 is 14.8 Å². The van der Waals surface area contributed by atoms with Gasteiger partial charge in [0.05, 0.1) is 18.7 Å². The second-order valence-corrected chi connectivity index (χ2v) is 3.62. The zero-order chi connectivity index (χ0) is 10.8. The average Bonchev–Trinajstić information content (AvgIpc) is 2.72. The molecule has 2 atom stereocenters. The molecule has 80 valence electrons. The first-order valence-corrected chi connectivity index (χ1v) is 4.71. The summed E-state index contributed by atoms with van der Waals surface area (Å²) in [6.45, 7) is 0. The van der Waals surface area contributed by atoms with E-state index in [1.165, 1.54) is 6.26 Å². The van der Waals surface area contributed by atoms with Crippen molar-refractivity contribution in [2.75, 3.05) is 0 Å². The van der Waals surface area contributed by atoms with Crippen molar-refractivity contribution in [1.29, 1.82) is 0 Å². The highest BCUT2D eigenvalue weighted by Crippen LogP contribution is 2.32. The van der Waals surface area contributed by atoms with E-state index in [0.29, 0.717) is 5.76 Å². The number of carboxylic acids is 1. The second-order valence-electron chi connectivity index (χ2n) is 3.62. The molecule has 15 heavy (non-hydrogen) atoms. The first kappa shape index (κ1) is 9.76. The largest absolute Gasteiger partial charge is 0.481 e. The number of furan rings is 1. The van der Waals surface area contributed by atoms with Crippen LogP contribution < -0.4 is 5.32 Å². The summed E-state index contributed by atoms with van der Waals surface area (Å²) in [6, 6.07) is 3.16. The lowest BCUT2D eigenvalue weighted by Crippen LogP contribution is -2.21. The topological polar surface area (TPSA) is 79.5 Å². The Hall–Kier alpha value is -1.78. The van der Waals surface area contributed by atoms with Gasteiger partial charge >= 0.3 is 5.97 Å². The minimum Gasteiger partial charge on any atom is -0.481 e. The van der Waals surface area contributed by atoms with E-state index in [1.807, 2.05) is 0 Å². The van der Waals surface area contributed by atoms with E-state index in [2.05, 4.69) is 5.32 Å². The molecule has 5 heteroatoms. The van der Waals surface area contributed by atoms with Crippen LogP contribution >= 0.6 is 0 Å². The number of hydrogen-bond acceptors (Lipinski definition) is 3. The molecule has 2 heterocycles. The van der Waals surface area contributed by atoms with Crippen molar-refractivity contribution in [3.63, 3.8) is 0 Å². The number of carboxylic acid groups (broad SMARTS) is 1. The van der Waals surface area contributed by atoms with Crippen molar-refractivity contribution in [3.8, 4) is 0 Å². The normalized spacial score (nSPS) is 25.2. The standard InChI is InChI=1S/C10H11NO4/c12-8-4-6(5-9(13)14)10(11-8)7-2-1-3-15-7/h1-3,6,10H,4-5H2,(H,11,12)(H,13,14)/t6-,10+/m1/s1. The summed E-state index contributed by atoms with van der Waals surface area (Å²) in [5.41, 5.74) is 0. The third kappa shape index (κ3) is 2.01. The van der Waals surface area contributed by atoms with Crippen LogP contribution in [0.25, 0.3) is 0 Å². The highest BCUT2D eigenvalue weighted by Gasteiger charge is 2.36. The summed E-state index contributed by atoms with van der Waals surface area (Å²) in [5.74, 6) is -0.621. The van der Waals surface area contributed by atoms with Gasteiger partial charge in [-0.05, 0) is 12.1 Å². The van der Waals surface area contributed by atoms with E-state index in [4.69, 9.17) is 9.52 Å². The maximum absolute atomic E-state index is 11.2. The molecule has 0 spiro atoms. The first-order chi connectivity index (χ1) is 7.16. The quantitative estimate of drug-likeness (QED) is 0.776. The number of rotatable bonds is 3. The van der Waals surface area contributed by atoms with E-state index in [0.717, 1.165) is 0 Å². The van der Waals surface area contributed by atoms with Crippen LogP contribution in [0.1, 0.15) is 24.6 Å². The summed E-state index contributed by atoms with van der Waals surface area (Å²) < 4.78 is 5.17. The van der Waals surface area contributed by atoms with E-state index >= 15 is 0 Å². The van der Waals surface area contributed by atoms with Crippen LogP contribution in [0.5, 0.6) is 0 Å². The Labute approximate surface area is 86.1 Å². The minimum absolute atomic E-state index is 0.0237. The summed E-state index contributed by atoms with van der Waals surface area (Å²) in [4.78, 5) is 21.8. The molecule has 1 fully saturated rings. The zero-order valence-corrected chi connectivity index (χ0v) is 7.97. The van der Waals surface area contributed by atoms with Crippen LogP contribution in [0.15, 0.2) is 22.8 Å². The number of carbonyl (C=O) groups excluding carboxylic acids is 1. The fourth-order valence-corrected chi connectivity index (χ4v) is 1.89. The number of nitrogens with one attached hydrogen (secondary N) is 1. The molecule has 1 aromatic rings. The molecule has 1 aliphatic rings. The molecule has 1 amide bonds. The molecule has 0 saturated carbocycles. The molecular weight excluding hydrogens is 198 g/mol. The van der Waals surface area contributed by atoms with Crippen LogP contribution in [0, 0.1) is 5.92 Å². The summed E-state index contributed by atoms with van der Waals surface area (Å²) >= 11 is 0. The lowest BCUT2D eigenvalue weighted by molar-refractivity contribution is -0.138. The van der Waals surface area contributed by atoms with Gasteiger partial charge in [-0.15, -0.1) is 0 Å². The van der Waals surface area contributed by atoms with Crippen LogP contribution in [0.4, 0.5) is 0 Å². The Morgan fingerprint density at radius 2 is 2.47 bits per heavy atom. The molecule has 0 radical (unpaired) electrons. The van der Waals surface area contributed by atoms with Gasteiger partial charge in [0.1, 0.15) is 5.76 Å². The van der Waals surface area contributed by atoms with Crippen molar-refractivity contribution >= 4 is 11.9 Å². The van der Waals surface area contributed by atoms with Gasteiger partial charge in [0.25, 0.3) is 0 Å². The van der Waals surface area contributed by atoms with E-state index in [9.17, 15) is 9.59 Å². The minimum atomic E-state index is -0.895. The molecule has 1 aromatic heterocycles. The summed E-state index contributed by atoms with van der Waals surface area (Å²) in [6.07, 6.45) is 1.74. The maximum atomic E-state index is 11.2. The van der Waals surface area contributed by atoms with Gasteiger partial charge in [0.2, 0.25) is 5.91 Å². The SMILES string of the molecule is O=C(O)C[C@H]1CC(=O)N[C@@H]1c1ccco1. The van der Waals surface area contributed by atoms with Crippen LogP contribution in [-0.2, 0) is 9.59 Å². The predicted molar refractivity (Wildman–Crippen MR) is 50.0 cm³/mol. The van der Waals surface area contributed by atoms with E-state index in [-0.39, 0.29) is 30.7 Å². The van der Waals surface area contributed by atoms with Crippen molar-refractivity contribution < 1.29 is 19.1 Å². The number of aliphatic carboxylic acids is 1. The van der Waals surface area contributed by atoms with Gasteiger partial charge in [-0.1, -0.05) is 0 Å². The lowest BCUT2D eigenvalue weighted by Gasteiger charge is -2.14. The number of amides is 1. The van der Waals surface area contributed by atoms with Crippen LogP contribution in [-0.4, -0.2) is 17.0 Å². The molecule has 2 rings (SSSR count). The molecule has 1 aliphatic heterocycles. The molecule has 2 N–H and O–H groups in total. The molecule has 5 nitrogen and oxygen atoms in total. The molecule has 1 saturated heterocycles. The molecule has 0 aromatic carbocycles. The van der Waals surface area contributed by atoms with Gasteiger partial charge in [-0.25, -0.2) is 0 Å². The fourth-order valence-electron chi connectivity index (χ4n) is 1.89.